The van der Waals surface area contributed by atoms with Gasteiger partial charge in [0, 0.05) is 29.2 Å². The fourth-order valence-electron chi connectivity index (χ4n) is 3.53. The lowest BCUT2D eigenvalue weighted by Crippen LogP contribution is -2.10. The second kappa shape index (κ2) is 9.36. The van der Waals surface area contributed by atoms with Gasteiger partial charge in [0.2, 0.25) is 0 Å². The Kier molecular flexibility index (Phi) is 6.18. The number of rotatable bonds is 6. The molecule has 0 amide bonds. The van der Waals surface area contributed by atoms with Gasteiger partial charge in [-0.1, -0.05) is 72.3 Å². The van der Waals surface area contributed by atoms with E-state index >= 15 is 0 Å². The molecular weight excluding hydrogens is 394 g/mol. The predicted molar refractivity (Wildman–Crippen MR) is 132 cm³/mol. The first-order chi connectivity index (χ1) is 15.5. The van der Waals surface area contributed by atoms with Gasteiger partial charge in [0.05, 0.1) is 0 Å². The minimum atomic E-state index is -0.480. The Balaban J connectivity index is 1.74. The van der Waals surface area contributed by atoms with E-state index in [1.807, 2.05) is 18.2 Å². The van der Waals surface area contributed by atoms with Crippen LogP contribution in [0.5, 0.6) is 5.75 Å². The van der Waals surface area contributed by atoms with Gasteiger partial charge >= 0.3 is 5.97 Å². The first kappa shape index (κ1) is 21.1. The van der Waals surface area contributed by atoms with Gasteiger partial charge in [-0.3, -0.25) is 0 Å². The van der Waals surface area contributed by atoms with Gasteiger partial charge in [-0.25, -0.2) is 4.79 Å². The fraction of sp³-hybridized carbons (Fsp3) is 0.0690. The molecule has 0 spiro atoms. The summed E-state index contributed by atoms with van der Waals surface area (Å²) >= 11 is 0. The maximum absolute atomic E-state index is 11.7. The van der Waals surface area contributed by atoms with E-state index in [-0.39, 0.29) is 0 Å². The largest absolute Gasteiger partial charge is 0.423 e. The van der Waals surface area contributed by atoms with Gasteiger partial charge in [-0.2, -0.15) is 0 Å². The SMILES string of the molecule is C=CC(=O)Oc1cccc(N(c2ccc(C)cc2)c2ccc(-c3ccc(C)cc3)cc2)c1. The molecule has 0 aliphatic carbocycles. The second-order valence-corrected chi connectivity index (χ2v) is 7.71. The third kappa shape index (κ3) is 4.79. The molecule has 0 radical (unpaired) electrons. The number of aryl methyl sites for hydroxylation is 2. The minimum absolute atomic E-state index is 0.473. The molecule has 0 atom stereocenters. The summed E-state index contributed by atoms with van der Waals surface area (Å²) in [4.78, 5) is 13.8. The van der Waals surface area contributed by atoms with Crippen LogP contribution in [0.4, 0.5) is 17.1 Å². The van der Waals surface area contributed by atoms with E-state index in [0.717, 1.165) is 28.7 Å². The Hall–Kier alpha value is -4.11. The van der Waals surface area contributed by atoms with Crippen molar-refractivity contribution >= 4 is 23.0 Å². The lowest BCUT2D eigenvalue weighted by molar-refractivity contribution is -0.128. The molecule has 3 nitrogen and oxygen atoms in total. The van der Waals surface area contributed by atoms with Crippen molar-refractivity contribution in [2.24, 2.45) is 0 Å². The molecule has 0 unspecified atom stereocenters. The lowest BCUT2D eigenvalue weighted by atomic mass is 10.0. The molecule has 0 bridgehead atoms. The summed E-state index contributed by atoms with van der Waals surface area (Å²) in [7, 11) is 0. The van der Waals surface area contributed by atoms with Crippen molar-refractivity contribution in [2.45, 2.75) is 13.8 Å². The third-order valence-electron chi connectivity index (χ3n) is 5.26. The number of ether oxygens (including phenoxy) is 1. The van der Waals surface area contributed by atoms with Crippen LogP contribution in [0.1, 0.15) is 11.1 Å². The van der Waals surface area contributed by atoms with Crippen LogP contribution in [0.15, 0.2) is 110 Å². The summed E-state index contributed by atoms with van der Waals surface area (Å²) in [5, 5.41) is 0. The van der Waals surface area contributed by atoms with E-state index in [1.54, 1.807) is 6.07 Å². The first-order valence-electron chi connectivity index (χ1n) is 10.5. The number of benzene rings is 4. The number of anilines is 3. The van der Waals surface area contributed by atoms with Gasteiger partial charge < -0.3 is 9.64 Å². The zero-order valence-electron chi connectivity index (χ0n) is 18.3. The van der Waals surface area contributed by atoms with Crippen LogP contribution in [-0.4, -0.2) is 5.97 Å². The highest BCUT2D eigenvalue weighted by Crippen LogP contribution is 2.37. The van der Waals surface area contributed by atoms with Gasteiger partial charge in [0.25, 0.3) is 0 Å². The maximum Gasteiger partial charge on any atom is 0.335 e. The van der Waals surface area contributed by atoms with Crippen LogP contribution < -0.4 is 9.64 Å². The van der Waals surface area contributed by atoms with Crippen molar-refractivity contribution in [3.05, 3.63) is 121 Å². The third-order valence-corrected chi connectivity index (χ3v) is 5.26. The molecule has 3 heteroatoms. The lowest BCUT2D eigenvalue weighted by Gasteiger charge is -2.26. The molecule has 158 valence electrons. The Labute approximate surface area is 189 Å². The summed E-state index contributed by atoms with van der Waals surface area (Å²) in [5.74, 6) is -0.00715. The van der Waals surface area contributed by atoms with E-state index in [1.165, 1.54) is 16.7 Å². The highest BCUT2D eigenvalue weighted by Gasteiger charge is 2.14. The summed E-state index contributed by atoms with van der Waals surface area (Å²) in [6.45, 7) is 7.63. The number of nitrogens with zero attached hydrogens (tertiary/aromatic N) is 1. The standard InChI is InChI=1S/C29H25NO2/c1-4-29(31)32-28-7-5-6-27(20-28)30(25-16-10-22(3)11-17-25)26-18-14-24(15-19-26)23-12-8-21(2)9-13-23/h4-20H,1H2,2-3H3. The van der Waals surface area contributed by atoms with Crippen molar-refractivity contribution in [1.29, 1.82) is 0 Å². The Morgan fingerprint density at radius 1 is 0.719 bits per heavy atom. The molecule has 0 aliphatic rings. The van der Waals surface area contributed by atoms with E-state index in [4.69, 9.17) is 4.74 Å². The molecule has 0 fully saturated rings. The van der Waals surface area contributed by atoms with E-state index in [2.05, 4.69) is 98.1 Å². The van der Waals surface area contributed by atoms with Crippen molar-refractivity contribution < 1.29 is 9.53 Å². The van der Waals surface area contributed by atoms with E-state index in [0.29, 0.717) is 5.75 Å². The summed E-state index contributed by atoms with van der Waals surface area (Å²) in [6.07, 6.45) is 1.16. The summed E-state index contributed by atoms with van der Waals surface area (Å²) in [6, 6.07) is 32.8. The topological polar surface area (TPSA) is 29.5 Å². The molecule has 32 heavy (non-hydrogen) atoms. The van der Waals surface area contributed by atoms with E-state index in [9.17, 15) is 4.79 Å². The van der Waals surface area contributed by atoms with Crippen LogP contribution in [0.3, 0.4) is 0 Å². The van der Waals surface area contributed by atoms with Crippen molar-refractivity contribution in [2.75, 3.05) is 4.90 Å². The smallest absolute Gasteiger partial charge is 0.335 e. The van der Waals surface area contributed by atoms with Crippen molar-refractivity contribution in [3.63, 3.8) is 0 Å². The van der Waals surface area contributed by atoms with Gasteiger partial charge in [-0.15, -0.1) is 0 Å². The summed E-state index contributed by atoms with van der Waals surface area (Å²) < 4.78 is 5.35. The monoisotopic (exact) mass is 419 g/mol. The zero-order chi connectivity index (χ0) is 22.5. The van der Waals surface area contributed by atoms with Crippen LogP contribution in [0.2, 0.25) is 0 Å². The minimum Gasteiger partial charge on any atom is -0.423 e. The fourth-order valence-corrected chi connectivity index (χ4v) is 3.53. The molecular formula is C29H25NO2. The van der Waals surface area contributed by atoms with Gasteiger partial charge in [0.15, 0.2) is 0 Å². The number of carbonyl (C=O) groups excluding carboxylic acids is 1. The molecule has 0 saturated heterocycles. The first-order valence-corrected chi connectivity index (χ1v) is 10.5. The van der Waals surface area contributed by atoms with Gasteiger partial charge in [-0.05, 0) is 61.4 Å². The summed E-state index contributed by atoms with van der Waals surface area (Å²) in [5.41, 5.74) is 7.70. The maximum atomic E-state index is 11.7. The average Bonchev–Trinajstić information content (AvgIpc) is 2.82. The van der Waals surface area contributed by atoms with E-state index < -0.39 is 5.97 Å². The van der Waals surface area contributed by atoms with Crippen LogP contribution in [0.25, 0.3) is 11.1 Å². The molecule has 0 saturated carbocycles. The highest BCUT2D eigenvalue weighted by atomic mass is 16.5. The van der Waals surface area contributed by atoms with Crippen molar-refractivity contribution in [3.8, 4) is 16.9 Å². The molecule has 0 aromatic heterocycles. The molecule has 4 aromatic rings. The van der Waals surface area contributed by atoms with Crippen LogP contribution in [-0.2, 0) is 4.79 Å². The predicted octanol–water partition coefficient (Wildman–Crippen LogP) is 7.53. The highest BCUT2D eigenvalue weighted by molar-refractivity contribution is 5.84. The number of esters is 1. The normalized spacial score (nSPS) is 10.4. The van der Waals surface area contributed by atoms with Crippen molar-refractivity contribution in [1.82, 2.24) is 0 Å². The Morgan fingerprint density at radius 2 is 1.22 bits per heavy atom. The Bertz CT molecular complexity index is 1220. The van der Waals surface area contributed by atoms with Gasteiger partial charge in [0.1, 0.15) is 5.75 Å². The Morgan fingerprint density at radius 3 is 1.78 bits per heavy atom. The average molecular weight is 420 g/mol. The number of hydrogen-bond donors (Lipinski definition) is 0. The second-order valence-electron chi connectivity index (χ2n) is 7.71. The molecule has 4 rings (SSSR count). The molecule has 4 aromatic carbocycles. The quantitative estimate of drug-likeness (QED) is 0.184. The number of carbonyl (C=O) groups is 1. The molecule has 0 heterocycles. The number of hydrogen-bond acceptors (Lipinski definition) is 3. The van der Waals surface area contributed by atoms with Crippen LogP contribution in [0, 0.1) is 13.8 Å². The molecule has 0 N–H and O–H groups in total. The zero-order valence-corrected chi connectivity index (χ0v) is 18.3. The van der Waals surface area contributed by atoms with Crippen LogP contribution >= 0.6 is 0 Å². The molecule has 0 aliphatic heterocycles.